The standard InChI is InChI=1S/C25H32N2O4/c1-3-4-5-6-7-8-12-15-24(28)27-26-19-20-16-17-22(23(18-20)30-2)31-25(29)21-13-10-9-11-14-21/h9-11,13-14,16-19H,3-8,12,15H2,1-2H3,(H,27,28)/b26-19+. The Morgan fingerprint density at radius 3 is 2.35 bits per heavy atom. The van der Waals surface area contributed by atoms with Crippen LogP contribution in [-0.4, -0.2) is 25.2 Å². The van der Waals surface area contributed by atoms with Gasteiger partial charge in [-0.2, -0.15) is 5.10 Å². The smallest absolute Gasteiger partial charge is 0.343 e. The normalized spacial score (nSPS) is 10.8. The molecule has 0 saturated carbocycles. The molecule has 0 heterocycles. The van der Waals surface area contributed by atoms with Crippen molar-refractivity contribution in [3.8, 4) is 11.5 Å². The molecule has 6 heteroatoms. The van der Waals surface area contributed by atoms with Gasteiger partial charge >= 0.3 is 5.97 Å². The minimum atomic E-state index is -0.460. The first-order valence-corrected chi connectivity index (χ1v) is 10.9. The minimum absolute atomic E-state index is 0.0924. The number of carbonyl (C=O) groups excluding carboxylic acids is 2. The van der Waals surface area contributed by atoms with Crippen LogP contribution in [0, 0.1) is 0 Å². The van der Waals surface area contributed by atoms with E-state index >= 15 is 0 Å². The van der Waals surface area contributed by atoms with Crippen LogP contribution in [0.25, 0.3) is 0 Å². The Hall–Kier alpha value is -3.15. The van der Waals surface area contributed by atoms with Crippen LogP contribution in [0.2, 0.25) is 0 Å². The number of nitrogens with one attached hydrogen (secondary N) is 1. The van der Waals surface area contributed by atoms with Crippen molar-refractivity contribution < 1.29 is 19.1 Å². The van der Waals surface area contributed by atoms with Crippen LogP contribution in [0.5, 0.6) is 11.5 Å². The molecule has 31 heavy (non-hydrogen) atoms. The molecule has 0 radical (unpaired) electrons. The zero-order valence-corrected chi connectivity index (χ0v) is 18.4. The van der Waals surface area contributed by atoms with Gasteiger partial charge in [-0.3, -0.25) is 4.79 Å². The first-order valence-electron chi connectivity index (χ1n) is 10.9. The largest absolute Gasteiger partial charge is 0.493 e. The number of hydrogen-bond acceptors (Lipinski definition) is 5. The third-order valence-electron chi connectivity index (χ3n) is 4.81. The lowest BCUT2D eigenvalue weighted by atomic mass is 10.1. The fraction of sp³-hybridized carbons (Fsp3) is 0.400. The molecule has 0 aliphatic carbocycles. The van der Waals surface area contributed by atoms with Gasteiger partial charge in [0.05, 0.1) is 18.9 Å². The van der Waals surface area contributed by atoms with Gasteiger partial charge in [0.25, 0.3) is 0 Å². The van der Waals surface area contributed by atoms with Gasteiger partial charge in [-0.25, -0.2) is 10.2 Å². The zero-order chi connectivity index (χ0) is 22.3. The lowest BCUT2D eigenvalue weighted by Crippen LogP contribution is -2.16. The first-order chi connectivity index (χ1) is 15.1. The van der Waals surface area contributed by atoms with Crippen molar-refractivity contribution in [1.82, 2.24) is 5.43 Å². The van der Waals surface area contributed by atoms with E-state index in [0.717, 1.165) is 12.8 Å². The van der Waals surface area contributed by atoms with Crippen LogP contribution >= 0.6 is 0 Å². The topological polar surface area (TPSA) is 77.0 Å². The predicted octanol–water partition coefficient (Wildman–Crippen LogP) is 5.51. The van der Waals surface area contributed by atoms with Gasteiger partial charge in [0, 0.05) is 6.42 Å². The van der Waals surface area contributed by atoms with Crippen LogP contribution in [-0.2, 0) is 4.79 Å². The summed E-state index contributed by atoms with van der Waals surface area (Å²) in [5.74, 6) is 0.169. The van der Waals surface area contributed by atoms with Crippen molar-refractivity contribution in [2.45, 2.75) is 58.3 Å². The highest BCUT2D eigenvalue weighted by Gasteiger charge is 2.12. The lowest BCUT2D eigenvalue weighted by Gasteiger charge is -2.10. The molecule has 0 fully saturated rings. The second-order valence-corrected chi connectivity index (χ2v) is 7.33. The van der Waals surface area contributed by atoms with Crippen LogP contribution in [0.1, 0.15) is 74.2 Å². The summed E-state index contributed by atoms with van der Waals surface area (Å²) in [6, 6.07) is 13.8. The third-order valence-corrected chi connectivity index (χ3v) is 4.81. The maximum absolute atomic E-state index is 12.2. The Labute approximate surface area is 184 Å². The quantitative estimate of drug-likeness (QED) is 0.151. The summed E-state index contributed by atoms with van der Waals surface area (Å²) in [5, 5.41) is 4.01. The molecule has 0 bridgehead atoms. The Morgan fingerprint density at radius 2 is 1.65 bits per heavy atom. The average molecular weight is 425 g/mol. The van der Waals surface area contributed by atoms with E-state index in [1.165, 1.54) is 45.4 Å². The maximum atomic E-state index is 12.2. The summed E-state index contributed by atoms with van der Waals surface area (Å²) in [6.07, 6.45) is 10.2. The molecule has 0 unspecified atom stereocenters. The monoisotopic (exact) mass is 424 g/mol. The van der Waals surface area contributed by atoms with Crippen LogP contribution in [0.4, 0.5) is 0 Å². The Kier molecular flexibility index (Phi) is 10.9. The van der Waals surface area contributed by atoms with Gasteiger partial charge in [-0.1, -0.05) is 63.6 Å². The molecular formula is C25H32N2O4. The molecule has 0 aliphatic heterocycles. The number of hydrazone groups is 1. The zero-order valence-electron chi connectivity index (χ0n) is 18.4. The molecule has 0 aromatic heterocycles. The van der Waals surface area contributed by atoms with E-state index < -0.39 is 5.97 Å². The predicted molar refractivity (Wildman–Crippen MR) is 123 cm³/mol. The van der Waals surface area contributed by atoms with Gasteiger partial charge in [0.1, 0.15) is 0 Å². The average Bonchev–Trinajstić information content (AvgIpc) is 2.79. The second-order valence-electron chi connectivity index (χ2n) is 7.33. The molecule has 0 atom stereocenters. The van der Waals surface area contributed by atoms with Gasteiger partial charge in [0.15, 0.2) is 11.5 Å². The summed E-state index contributed by atoms with van der Waals surface area (Å²) < 4.78 is 10.8. The molecule has 0 spiro atoms. The van der Waals surface area contributed by atoms with E-state index in [0.29, 0.717) is 29.0 Å². The SMILES string of the molecule is CCCCCCCCCC(=O)N/N=C/c1ccc(OC(=O)c2ccccc2)c(OC)c1. The fourth-order valence-electron chi connectivity index (χ4n) is 3.06. The molecule has 2 aromatic carbocycles. The molecule has 1 amide bonds. The van der Waals surface area contributed by atoms with Gasteiger partial charge in [-0.05, 0) is 42.3 Å². The van der Waals surface area contributed by atoms with Gasteiger partial charge in [-0.15, -0.1) is 0 Å². The molecule has 0 aliphatic rings. The number of rotatable bonds is 13. The summed E-state index contributed by atoms with van der Waals surface area (Å²) in [5.41, 5.74) is 3.73. The van der Waals surface area contributed by atoms with E-state index in [-0.39, 0.29) is 5.91 Å². The van der Waals surface area contributed by atoms with Gasteiger partial charge in [0.2, 0.25) is 5.91 Å². The van der Waals surface area contributed by atoms with E-state index in [1.807, 2.05) is 6.07 Å². The number of methoxy groups -OCH3 is 1. The second kappa shape index (κ2) is 14.0. The van der Waals surface area contributed by atoms with Crippen molar-refractivity contribution in [2.24, 2.45) is 5.10 Å². The van der Waals surface area contributed by atoms with E-state index in [4.69, 9.17) is 9.47 Å². The highest BCUT2D eigenvalue weighted by molar-refractivity contribution is 5.91. The van der Waals surface area contributed by atoms with Crippen molar-refractivity contribution in [3.63, 3.8) is 0 Å². The van der Waals surface area contributed by atoms with E-state index in [1.54, 1.807) is 42.5 Å². The molecule has 166 valence electrons. The van der Waals surface area contributed by atoms with Crippen molar-refractivity contribution in [2.75, 3.05) is 7.11 Å². The first kappa shape index (κ1) is 24.1. The highest BCUT2D eigenvalue weighted by Crippen LogP contribution is 2.28. The number of ether oxygens (including phenoxy) is 2. The molecule has 1 N–H and O–H groups in total. The van der Waals surface area contributed by atoms with E-state index in [2.05, 4.69) is 17.5 Å². The fourth-order valence-corrected chi connectivity index (χ4v) is 3.06. The summed E-state index contributed by atoms with van der Waals surface area (Å²) in [4.78, 5) is 24.1. The Morgan fingerprint density at radius 1 is 0.935 bits per heavy atom. The van der Waals surface area contributed by atoms with Crippen LogP contribution in [0.3, 0.4) is 0 Å². The van der Waals surface area contributed by atoms with Crippen molar-refractivity contribution in [3.05, 3.63) is 59.7 Å². The molecular weight excluding hydrogens is 392 g/mol. The van der Waals surface area contributed by atoms with Crippen molar-refractivity contribution >= 4 is 18.1 Å². The highest BCUT2D eigenvalue weighted by atomic mass is 16.6. The van der Waals surface area contributed by atoms with Crippen LogP contribution < -0.4 is 14.9 Å². The third kappa shape index (κ3) is 9.03. The number of nitrogens with zero attached hydrogens (tertiary/aromatic N) is 1. The summed E-state index contributed by atoms with van der Waals surface area (Å²) >= 11 is 0. The maximum Gasteiger partial charge on any atom is 0.343 e. The molecule has 2 rings (SSSR count). The number of carbonyl (C=O) groups is 2. The lowest BCUT2D eigenvalue weighted by molar-refractivity contribution is -0.121. The minimum Gasteiger partial charge on any atom is -0.493 e. The summed E-state index contributed by atoms with van der Waals surface area (Å²) in [6.45, 7) is 2.20. The number of hydrogen-bond donors (Lipinski definition) is 1. The molecule has 2 aromatic rings. The number of amides is 1. The summed E-state index contributed by atoms with van der Waals surface area (Å²) in [7, 11) is 1.50. The Balaban J connectivity index is 1.79. The van der Waals surface area contributed by atoms with Crippen LogP contribution in [0.15, 0.2) is 53.6 Å². The number of unbranched alkanes of at least 4 members (excludes halogenated alkanes) is 6. The van der Waals surface area contributed by atoms with Crippen molar-refractivity contribution in [1.29, 1.82) is 0 Å². The van der Waals surface area contributed by atoms with E-state index in [9.17, 15) is 9.59 Å². The molecule has 0 saturated heterocycles. The molecule has 6 nitrogen and oxygen atoms in total. The Bertz CT molecular complexity index is 850. The van der Waals surface area contributed by atoms with Gasteiger partial charge < -0.3 is 9.47 Å². The number of benzene rings is 2. The number of esters is 1.